The van der Waals surface area contributed by atoms with Gasteiger partial charge in [-0.05, 0) is 43.1 Å². The van der Waals surface area contributed by atoms with Crippen molar-refractivity contribution in [1.82, 2.24) is 0 Å². The number of benzene rings is 1. The molecule has 1 aromatic carbocycles. The minimum Gasteiger partial charge on any atom is -0.311 e. The van der Waals surface area contributed by atoms with Crippen LogP contribution in [0.5, 0.6) is 0 Å². The molecule has 1 atom stereocenters. The van der Waals surface area contributed by atoms with E-state index in [9.17, 15) is 4.79 Å². The Kier molecular flexibility index (Phi) is 3.95. The van der Waals surface area contributed by atoms with E-state index >= 15 is 0 Å². The lowest BCUT2D eigenvalue weighted by molar-refractivity contribution is -0.122. The molecule has 0 spiro atoms. The zero-order chi connectivity index (χ0) is 14.2. The molecule has 0 radical (unpaired) electrons. The number of rotatable bonds is 4. The average molecular weight is 277 g/mol. The van der Waals surface area contributed by atoms with Gasteiger partial charge in [0, 0.05) is 12.2 Å². The van der Waals surface area contributed by atoms with Crippen LogP contribution in [0.15, 0.2) is 24.3 Å². The van der Waals surface area contributed by atoms with Gasteiger partial charge in [0.2, 0.25) is 5.91 Å². The third-order valence-corrected chi connectivity index (χ3v) is 4.71. The SMILES string of the molecule is CC(C)C(CS)CN1C(=O)C(C)(C)c2ccccc21. The van der Waals surface area contributed by atoms with E-state index in [1.165, 1.54) is 0 Å². The molecule has 0 aliphatic carbocycles. The zero-order valence-corrected chi connectivity index (χ0v) is 13.1. The quantitative estimate of drug-likeness (QED) is 0.835. The number of hydrogen-bond acceptors (Lipinski definition) is 2. The Morgan fingerprint density at radius 3 is 2.47 bits per heavy atom. The number of anilines is 1. The van der Waals surface area contributed by atoms with E-state index in [2.05, 4.69) is 38.6 Å². The van der Waals surface area contributed by atoms with E-state index in [0.29, 0.717) is 11.8 Å². The second-order valence-electron chi connectivity index (χ2n) is 6.24. The minimum absolute atomic E-state index is 0.209. The second-order valence-corrected chi connectivity index (χ2v) is 6.61. The highest BCUT2D eigenvalue weighted by molar-refractivity contribution is 7.80. The molecule has 2 rings (SSSR count). The standard InChI is InChI=1S/C16H23NOS/c1-11(2)12(10-19)9-17-14-8-6-5-7-13(14)16(3,4)15(17)18/h5-8,11-12,19H,9-10H2,1-4H3. The van der Waals surface area contributed by atoms with Crippen LogP contribution >= 0.6 is 12.6 Å². The van der Waals surface area contributed by atoms with E-state index in [-0.39, 0.29) is 5.91 Å². The summed E-state index contributed by atoms with van der Waals surface area (Å²) in [5.74, 6) is 1.97. The van der Waals surface area contributed by atoms with Gasteiger partial charge in [0.1, 0.15) is 0 Å². The normalized spacial score (nSPS) is 18.8. The molecule has 104 valence electrons. The summed E-state index contributed by atoms with van der Waals surface area (Å²) in [6.45, 7) is 9.18. The molecule has 1 heterocycles. The first-order valence-electron chi connectivity index (χ1n) is 6.92. The fourth-order valence-corrected chi connectivity index (χ4v) is 3.23. The van der Waals surface area contributed by atoms with E-state index < -0.39 is 5.41 Å². The third kappa shape index (κ3) is 2.40. The molecule has 0 aromatic heterocycles. The summed E-state index contributed by atoms with van der Waals surface area (Å²) in [4.78, 5) is 14.6. The Labute approximate surface area is 121 Å². The Morgan fingerprint density at radius 1 is 1.26 bits per heavy atom. The molecule has 0 saturated heterocycles. The molecule has 1 aliphatic heterocycles. The maximum absolute atomic E-state index is 12.7. The highest BCUT2D eigenvalue weighted by atomic mass is 32.1. The van der Waals surface area contributed by atoms with E-state index in [4.69, 9.17) is 0 Å². The van der Waals surface area contributed by atoms with Crippen LogP contribution in [0.3, 0.4) is 0 Å². The molecular weight excluding hydrogens is 254 g/mol. The van der Waals surface area contributed by atoms with Gasteiger partial charge in [-0.1, -0.05) is 32.0 Å². The van der Waals surface area contributed by atoms with Gasteiger partial charge in [0.15, 0.2) is 0 Å². The van der Waals surface area contributed by atoms with Gasteiger partial charge in [-0.15, -0.1) is 0 Å². The van der Waals surface area contributed by atoms with Crippen molar-refractivity contribution in [3.63, 3.8) is 0 Å². The molecule has 2 nitrogen and oxygen atoms in total. The number of amides is 1. The van der Waals surface area contributed by atoms with Gasteiger partial charge >= 0.3 is 0 Å². The van der Waals surface area contributed by atoms with Gasteiger partial charge in [-0.25, -0.2) is 0 Å². The molecule has 0 fully saturated rings. The number of fused-ring (bicyclic) bond motifs is 1. The summed E-state index contributed by atoms with van der Waals surface area (Å²) in [7, 11) is 0. The summed E-state index contributed by atoms with van der Waals surface area (Å²) in [5.41, 5.74) is 1.81. The summed E-state index contributed by atoms with van der Waals surface area (Å²) in [5, 5.41) is 0. The Balaban J connectivity index is 2.35. The van der Waals surface area contributed by atoms with Gasteiger partial charge in [-0.2, -0.15) is 12.6 Å². The molecule has 0 N–H and O–H groups in total. The maximum Gasteiger partial charge on any atom is 0.237 e. The lowest BCUT2D eigenvalue weighted by Gasteiger charge is -2.27. The third-order valence-electron chi connectivity index (χ3n) is 4.24. The van der Waals surface area contributed by atoms with E-state index in [1.807, 2.05) is 30.9 Å². The summed E-state index contributed by atoms with van der Waals surface area (Å²) >= 11 is 4.43. The number of hydrogen-bond donors (Lipinski definition) is 1. The van der Waals surface area contributed by atoms with E-state index in [0.717, 1.165) is 23.5 Å². The molecule has 1 amide bonds. The van der Waals surface area contributed by atoms with Crippen molar-refractivity contribution in [1.29, 1.82) is 0 Å². The van der Waals surface area contributed by atoms with Gasteiger partial charge in [0.25, 0.3) is 0 Å². The van der Waals surface area contributed by atoms with Crippen molar-refractivity contribution in [3.05, 3.63) is 29.8 Å². The van der Waals surface area contributed by atoms with Crippen molar-refractivity contribution < 1.29 is 4.79 Å². The van der Waals surface area contributed by atoms with Crippen LogP contribution in [0.4, 0.5) is 5.69 Å². The number of para-hydroxylation sites is 1. The maximum atomic E-state index is 12.7. The van der Waals surface area contributed by atoms with Crippen molar-refractivity contribution in [2.24, 2.45) is 11.8 Å². The van der Waals surface area contributed by atoms with Crippen LogP contribution in [-0.4, -0.2) is 18.2 Å². The molecule has 1 aromatic rings. The molecule has 3 heteroatoms. The highest BCUT2D eigenvalue weighted by Crippen LogP contribution is 2.41. The number of carbonyl (C=O) groups excluding carboxylic acids is 1. The average Bonchev–Trinajstić information content (AvgIpc) is 2.56. The van der Waals surface area contributed by atoms with Crippen LogP contribution in [-0.2, 0) is 10.2 Å². The number of carbonyl (C=O) groups is 1. The Hall–Kier alpha value is -0.960. The van der Waals surface area contributed by atoms with Crippen molar-refractivity contribution >= 4 is 24.2 Å². The van der Waals surface area contributed by atoms with E-state index in [1.54, 1.807) is 0 Å². The molecule has 1 aliphatic rings. The summed E-state index contributed by atoms with van der Waals surface area (Å²) in [6, 6.07) is 8.14. The Bertz CT molecular complexity index is 481. The second kappa shape index (κ2) is 5.20. The van der Waals surface area contributed by atoms with Gasteiger partial charge < -0.3 is 4.90 Å². The molecule has 0 bridgehead atoms. The first-order valence-corrected chi connectivity index (χ1v) is 7.55. The monoisotopic (exact) mass is 277 g/mol. The van der Waals surface area contributed by atoms with Crippen LogP contribution < -0.4 is 4.90 Å². The first kappa shape index (κ1) is 14.4. The largest absolute Gasteiger partial charge is 0.311 e. The van der Waals surface area contributed by atoms with Crippen LogP contribution in [0.1, 0.15) is 33.3 Å². The molecule has 19 heavy (non-hydrogen) atoms. The van der Waals surface area contributed by atoms with Gasteiger partial charge in [-0.3, -0.25) is 4.79 Å². The summed E-state index contributed by atoms with van der Waals surface area (Å²) in [6.07, 6.45) is 0. The molecular formula is C16H23NOS. The van der Waals surface area contributed by atoms with Crippen LogP contribution in [0.25, 0.3) is 0 Å². The number of nitrogens with zero attached hydrogens (tertiary/aromatic N) is 1. The predicted octanol–water partition coefficient (Wildman–Crippen LogP) is 3.51. The summed E-state index contributed by atoms with van der Waals surface area (Å²) < 4.78 is 0. The van der Waals surface area contributed by atoms with Crippen molar-refractivity contribution in [3.8, 4) is 0 Å². The smallest absolute Gasteiger partial charge is 0.237 e. The highest BCUT2D eigenvalue weighted by Gasteiger charge is 2.44. The fraction of sp³-hybridized carbons (Fsp3) is 0.562. The lowest BCUT2D eigenvalue weighted by Crippen LogP contribution is -2.40. The predicted molar refractivity (Wildman–Crippen MR) is 84.0 cm³/mol. The zero-order valence-electron chi connectivity index (χ0n) is 12.2. The Morgan fingerprint density at radius 2 is 1.89 bits per heavy atom. The topological polar surface area (TPSA) is 20.3 Å². The lowest BCUT2D eigenvalue weighted by atomic mass is 9.86. The van der Waals surface area contributed by atoms with Crippen LogP contribution in [0, 0.1) is 11.8 Å². The van der Waals surface area contributed by atoms with Crippen molar-refractivity contribution in [2.45, 2.75) is 33.1 Å². The molecule has 0 saturated carbocycles. The fourth-order valence-electron chi connectivity index (χ4n) is 2.69. The first-order chi connectivity index (χ1) is 8.89. The molecule has 1 unspecified atom stereocenters. The van der Waals surface area contributed by atoms with Gasteiger partial charge in [0.05, 0.1) is 5.41 Å². The minimum atomic E-state index is -0.408. The van der Waals surface area contributed by atoms with Crippen LogP contribution in [0.2, 0.25) is 0 Å². The number of thiol groups is 1. The van der Waals surface area contributed by atoms with Crippen molar-refractivity contribution in [2.75, 3.05) is 17.2 Å².